The van der Waals surface area contributed by atoms with Gasteiger partial charge in [0, 0.05) is 21.6 Å². The van der Waals surface area contributed by atoms with Crippen molar-refractivity contribution in [3.8, 4) is 5.75 Å². The molecule has 6 heteroatoms. The summed E-state index contributed by atoms with van der Waals surface area (Å²) in [5, 5.41) is 10.2. The molecular weight excluding hydrogens is 430 g/mol. The number of piperidine rings is 1. The van der Waals surface area contributed by atoms with E-state index in [9.17, 15) is 9.90 Å². The molecule has 1 aliphatic heterocycles. The van der Waals surface area contributed by atoms with E-state index in [0.717, 1.165) is 40.7 Å². The third kappa shape index (κ3) is 4.84. The first-order chi connectivity index (χ1) is 13.0. The van der Waals surface area contributed by atoms with Gasteiger partial charge in [-0.1, -0.05) is 39.7 Å². The fourth-order valence-electron chi connectivity index (χ4n) is 3.69. The summed E-state index contributed by atoms with van der Waals surface area (Å²) in [6.45, 7) is 3.89. The van der Waals surface area contributed by atoms with Crippen LogP contribution in [0.1, 0.15) is 36.9 Å². The highest BCUT2D eigenvalue weighted by Crippen LogP contribution is 2.39. The average molecular weight is 453 g/mol. The largest absolute Gasteiger partial charge is 0.494 e. The molecule has 4 nitrogen and oxygen atoms in total. The zero-order valence-corrected chi connectivity index (χ0v) is 17.5. The molecule has 27 heavy (non-hydrogen) atoms. The molecule has 2 atom stereocenters. The van der Waals surface area contributed by atoms with Gasteiger partial charge in [-0.3, -0.25) is 9.69 Å². The molecular formula is C21H23BrClNO3. The molecule has 0 spiro atoms. The van der Waals surface area contributed by atoms with Gasteiger partial charge in [0.2, 0.25) is 0 Å². The first-order valence-corrected chi connectivity index (χ1v) is 10.3. The number of aliphatic carboxylic acids is 1. The maximum atomic E-state index is 11.6. The number of hydrogen-bond donors (Lipinski definition) is 1. The van der Waals surface area contributed by atoms with E-state index in [0.29, 0.717) is 18.2 Å². The minimum Gasteiger partial charge on any atom is -0.494 e. The summed E-state index contributed by atoms with van der Waals surface area (Å²) in [5.74, 6) is -0.261. The number of likely N-dealkylation sites (tertiary alicyclic amines) is 1. The Hall–Kier alpha value is -1.56. The van der Waals surface area contributed by atoms with Crippen molar-refractivity contribution in [2.75, 3.05) is 19.7 Å². The number of nitrogens with zero attached hydrogens (tertiary/aromatic N) is 1. The fraction of sp³-hybridized carbons (Fsp3) is 0.381. The van der Waals surface area contributed by atoms with Gasteiger partial charge in [-0.15, -0.1) is 0 Å². The highest BCUT2D eigenvalue weighted by atomic mass is 79.9. The Bertz CT molecular complexity index is 797. The minimum absolute atomic E-state index is 0.0940. The fourth-order valence-corrected chi connectivity index (χ4v) is 4.20. The van der Waals surface area contributed by atoms with E-state index in [1.807, 2.05) is 43.3 Å². The number of ether oxygens (including phenoxy) is 1. The zero-order chi connectivity index (χ0) is 19.4. The summed E-state index contributed by atoms with van der Waals surface area (Å²) in [6.07, 6.45) is 1.58. The topological polar surface area (TPSA) is 49.8 Å². The number of carboxylic acids is 1. The highest BCUT2D eigenvalue weighted by molar-refractivity contribution is 9.10. The van der Waals surface area contributed by atoms with Crippen LogP contribution >= 0.6 is 27.5 Å². The predicted molar refractivity (Wildman–Crippen MR) is 111 cm³/mol. The van der Waals surface area contributed by atoms with Gasteiger partial charge in [0.25, 0.3) is 0 Å². The lowest BCUT2D eigenvalue weighted by molar-refractivity contribution is -0.143. The normalized spacial score (nSPS) is 18.9. The van der Waals surface area contributed by atoms with E-state index in [1.165, 1.54) is 0 Å². The maximum Gasteiger partial charge on any atom is 0.307 e. The summed E-state index contributed by atoms with van der Waals surface area (Å²) >= 11 is 9.67. The van der Waals surface area contributed by atoms with Crippen LogP contribution in [0.2, 0.25) is 5.02 Å². The van der Waals surface area contributed by atoms with Crippen molar-refractivity contribution < 1.29 is 14.6 Å². The van der Waals surface area contributed by atoms with E-state index < -0.39 is 5.97 Å². The van der Waals surface area contributed by atoms with E-state index in [2.05, 4.69) is 26.9 Å². The molecule has 0 bridgehead atoms. The molecule has 2 aromatic carbocycles. The van der Waals surface area contributed by atoms with Gasteiger partial charge < -0.3 is 9.84 Å². The first-order valence-electron chi connectivity index (χ1n) is 9.14. The molecule has 0 aliphatic carbocycles. The van der Waals surface area contributed by atoms with Gasteiger partial charge in [-0.2, -0.15) is 0 Å². The molecule has 1 fully saturated rings. The number of rotatable bonds is 6. The molecule has 3 rings (SSSR count). The number of benzene rings is 2. The summed E-state index contributed by atoms with van der Waals surface area (Å²) in [4.78, 5) is 13.8. The number of carboxylic acid groups (broad SMARTS) is 1. The summed E-state index contributed by atoms with van der Waals surface area (Å²) in [5.41, 5.74) is 2.10. The summed E-state index contributed by atoms with van der Waals surface area (Å²) < 4.78 is 6.86. The Kier molecular flexibility index (Phi) is 6.79. The van der Waals surface area contributed by atoms with Gasteiger partial charge in [-0.05, 0) is 62.2 Å². The molecule has 144 valence electrons. The Balaban J connectivity index is 2.07. The second kappa shape index (κ2) is 9.09. The Morgan fingerprint density at radius 1 is 1.33 bits per heavy atom. The van der Waals surface area contributed by atoms with Crippen LogP contribution in [0.25, 0.3) is 0 Å². The Labute approximate surface area is 173 Å². The van der Waals surface area contributed by atoms with Gasteiger partial charge in [0.1, 0.15) is 5.75 Å². The van der Waals surface area contributed by atoms with Crippen molar-refractivity contribution in [2.24, 2.45) is 5.92 Å². The Morgan fingerprint density at radius 2 is 2.07 bits per heavy atom. The van der Waals surface area contributed by atoms with E-state index in [4.69, 9.17) is 16.3 Å². The molecule has 0 amide bonds. The van der Waals surface area contributed by atoms with Crippen LogP contribution in [-0.4, -0.2) is 35.7 Å². The lowest BCUT2D eigenvalue weighted by Crippen LogP contribution is -2.41. The van der Waals surface area contributed by atoms with E-state index in [1.54, 1.807) is 0 Å². The molecule has 2 unspecified atom stereocenters. The lowest BCUT2D eigenvalue weighted by Gasteiger charge is -2.38. The molecule has 1 aliphatic rings. The third-order valence-electron chi connectivity index (χ3n) is 4.92. The lowest BCUT2D eigenvalue weighted by atomic mass is 9.91. The number of carbonyl (C=O) groups is 1. The molecule has 0 radical (unpaired) electrons. The molecule has 2 aromatic rings. The van der Waals surface area contributed by atoms with Gasteiger partial charge in [-0.25, -0.2) is 0 Å². The Morgan fingerprint density at radius 3 is 2.74 bits per heavy atom. The summed E-state index contributed by atoms with van der Waals surface area (Å²) in [6, 6.07) is 13.7. The van der Waals surface area contributed by atoms with Gasteiger partial charge in [0.05, 0.1) is 18.6 Å². The molecule has 1 N–H and O–H groups in total. The number of hydrogen-bond acceptors (Lipinski definition) is 3. The second-order valence-electron chi connectivity index (χ2n) is 6.74. The van der Waals surface area contributed by atoms with E-state index in [-0.39, 0.29) is 12.0 Å². The quantitative estimate of drug-likeness (QED) is 0.638. The van der Waals surface area contributed by atoms with Gasteiger partial charge >= 0.3 is 5.97 Å². The smallest absolute Gasteiger partial charge is 0.307 e. The van der Waals surface area contributed by atoms with Crippen LogP contribution in [0, 0.1) is 5.92 Å². The van der Waals surface area contributed by atoms with Crippen LogP contribution in [0.3, 0.4) is 0 Å². The molecule has 1 saturated heterocycles. The van der Waals surface area contributed by atoms with Crippen molar-refractivity contribution in [3.05, 3.63) is 63.1 Å². The average Bonchev–Trinajstić information content (AvgIpc) is 2.66. The molecule has 0 aromatic heterocycles. The first kappa shape index (κ1) is 20.2. The van der Waals surface area contributed by atoms with Crippen LogP contribution in [0.4, 0.5) is 0 Å². The highest BCUT2D eigenvalue weighted by Gasteiger charge is 2.32. The van der Waals surface area contributed by atoms with Crippen LogP contribution in [0.5, 0.6) is 5.75 Å². The van der Waals surface area contributed by atoms with Gasteiger partial charge in [0.15, 0.2) is 0 Å². The monoisotopic (exact) mass is 451 g/mol. The van der Waals surface area contributed by atoms with Crippen LogP contribution in [-0.2, 0) is 4.79 Å². The molecule has 0 saturated carbocycles. The van der Waals surface area contributed by atoms with Crippen molar-refractivity contribution in [1.82, 2.24) is 4.90 Å². The second-order valence-corrected chi connectivity index (χ2v) is 8.09. The number of halogens is 2. The van der Waals surface area contributed by atoms with Crippen molar-refractivity contribution in [3.63, 3.8) is 0 Å². The minimum atomic E-state index is -0.728. The predicted octanol–water partition coefficient (Wildman–Crippen LogP) is 5.39. The van der Waals surface area contributed by atoms with Crippen LogP contribution < -0.4 is 4.74 Å². The van der Waals surface area contributed by atoms with Crippen molar-refractivity contribution >= 4 is 33.5 Å². The zero-order valence-electron chi connectivity index (χ0n) is 15.2. The maximum absolute atomic E-state index is 11.6. The van der Waals surface area contributed by atoms with Crippen molar-refractivity contribution in [2.45, 2.75) is 25.8 Å². The van der Waals surface area contributed by atoms with Crippen molar-refractivity contribution in [1.29, 1.82) is 0 Å². The molecule has 1 heterocycles. The van der Waals surface area contributed by atoms with E-state index >= 15 is 0 Å². The SMILES string of the molecule is CCOc1ccc(Br)cc1C(c1ccc(Cl)cc1)N1CCCC(C(=O)O)C1. The standard InChI is InChI=1S/C21H23BrClNO3/c1-2-27-19-10-7-16(22)12-18(19)20(14-5-8-17(23)9-6-14)24-11-3-4-15(13-24)21(25)26/h5-10,12,15,20H,2-4,11,13H2,1H3,(H,25,26). The summed E-state index contributed by atoms with van der Waals surface area (Å²) in [7, 11) is 0. The van der Waals surface area contributed by atoms with Crippen LogP contribution in [0.15, 0.2) is 46.9 Å². The third-order valence-corrected chi connectivity index (χ3v) is 5.66.